The highest BCUT2D eigenvalue weighted by molar-refractivity contribution is 5.97. The van der Waals surface area contributed by atoms with Gasteiger partial charge in [0.2, 0.25) is 11.8 Å². The van der Waals surface area contributed by atoms with E-state index >= 15 is 0 Å². The number of hydrogen-bond donors (Lipinski definition) is 1. The lowest BCUT2D eigenvalue weighted by molar-refractivity contribution is -0.121. The number of hydrogen-bond acceptors (Lipinski definition) is 6. The molecule has 0 radical (unpaired) electrons. The molecule has 1 aromatic heterocycles. The van der Waals surface area contributed by atoms with Gasteiger partial charge in [0, 0.05) is 31.7 Å². The molecule has 1 aromatic carbocycles. The fourth-order valence-corrected chi connectivity index (χ4v) is 3.56. The van der Waals surface area contributed by atoms with Crippen molar-refractivity contribution in [3.63, 3.8) is 0 Å². The first-order chi connectivity index (χ1) is 15.2. The molecular formula is C22H24F2N4O4. The quantitative estimate of drug-likeness (QED) is 0.732. The Balaban J connectivity index is 1.61. The van der Waals surface area contributed by atoms with Gasteiger partial charge in [0.25, 0.3) is 5.91 Å². The number of nitrogens with one attached hydrogen (secondary N) is 1. The molecule has 0 spiro atoms. The lowest BCUT2D eigenvalue weighted by Crippen LogP contribution is -2.54. The predicted octanol–water partition coefficient (Wildman–Crippen LogP) is 3.15. The molecule has 1 aliphatic heterocycles. The number of alkyl halides is 2. The van der Waals surface area contributed by atoms with Crippen molar-refractivity contribution in [1.82, 2.24) is 9.80 Å². The molecule has 0 saturated carbocycles. The predicted molar refractivity (Wildman–Crippen MR) is 112 cm³/mol. The van der Waals surface area contributed by atoms with Crippen molar-refractivity contribution in [2.45, 2.75) is 33.4 Å². The summed E-state index contributed by atoms with van der Waals surface area (Å²) in [7, 11) is 0. The van der Waals surface area contributed by atoms with Crippen molar-refractivity contribution >= 4 is 17.7 Å². The molecule has 1 atom stereocenters. The minimum Gasteiger partial charge on any atom is -0.444 e. The van der Waals surface area contributed by atoms with Crippen molar-refractivity contribution < 1.29 is 27.5 Å². The van der Waals surface area contributed by atoms with Gasteiger partial charge in [0.15, 0.2) is 0 Å². The summed E-state index contributed by atoms with van der Waals surface area (Å²) < 4.78 is 35.2. The maximum atomic E-state index is 12.8. The van der Waals surface area contributed by atoms with Crippen molar-refractivity contribution in [1.29, 1.82) is 5.26 Å². The smallest absolute Gasteiger partial charge is 0.387 e. The number of halogens is 2. The third-order valence-corrected chi connectivity index (χ3v) is 5.60. The van der Waals surface area contributed by atoms with Crippen LogP contribution in [0.3, 0.4) is 0 Å². The standard InChI is InChI=1S/C22H24F2N4O4/c1-13-15(3)31-20(17(13)12-25)26-19(29)14(2)27-8-10-28(11-9-27)21(30)16-6-4-5-7-18(16)32-22(23)24/h4-7,14,22H,8-11H2,1-3H3,(H,26,29). The zero-order valence-electron chi connectivity index (χ0n) is 18.0. The van der Waals surface area contributed by atoms with E-state index in [1.54, 1.807) is 31.7 Å². The van der Waals surface area contributed by atoms with Gasteiger partial charge in [-0.25, -0.2) is 0 Å². The van der Waals surface area contributed by atoms with Gasteiger partial charge in [-0.2, -0.15) is 14.0 Å². The average molecular weight is 446 g/mol. The molecule has 0 bridgehead atoms. The molecule has 2 aromatic rings. The van der Waals surface area contributed by atoms with E-state index in [9.17, 15) is 23.6 Å². The minimum absolute atomic E-state index is 0.0691. The van der Waals surface area contributed by atoms with E-state index < -0.39 is 18.6 Å². The molecule has 8 nitrogen and oxygen atoms in total. The number of nitriles is 1. The van der Waals surface area contributed by atoms with Crippen LogP contribution in [-0.4, -0.2) is 60.4 Å². The number of nitrogens with zero attached hydrogens (tertiary/aromatic N) is 3. The van der Waals surface area contributed by atoms with Crippen LogP contribution in [0.15, 0.2) is 28.7 Å². The second-order valence-corrected chi connectivity index (χ2v) is 7.47. The zero-order chi connectivity index (χ0) is 23.4. The lowest BCUT2D eigenvalue weighted by Gasteiger charge is -2.37. The van der Waals surface area contributed by atoms with Crippen molar-refractivity contribution in [3.05, 3.63) is 46.7 Å². The molecule has 1 saturated heterocycles. The Kier molecular flexibility index (Phi) is 7.10. The van der Waals surface area contributed by atoms with Crippen LogP contribution in [0.25, 0.3) is 0 Å². The summed E-state index contributed by atoms with van der Waals surface area (Å²) in [5.41, 5.74) is 1.04. The first kappa shape index (κ1) is 23.2. The number of aryl methyl sites for hydroxylation is 1. The number of carbonyl (C=O) groups is 2. The number of para-hydroxylation sites is 1. The Morgan fingerprint density at radius 1 is 1.19 bits per heavy atom. The molecular weight excluding hydrogens is 422 g/mol. The van der Waals surface area contributed by atoms with Gasteiger partial charge in [0.05, 0.1) is 11.6 Å². The topological polar surface area (TPSA) is 98.8 Å². The first-order valence-corrected chi connectivity index (χ1v) is 10.1. The van der Waals surface area contributed by atoms with Crippen LogP contribution >= 0.6 is 0 Å². The van der Waals surface area contributed by atoms with Gasteiger partial charge in [-0.15, -0.1) is 0 Å². The maximum Gasteiger partial charge on any atom is 0.387 e. The molecule has 2 amide bonds. The van der Waals surface area contributed by atoms with Crippen LogP contribution in [0.1, 0.15) is 34.2 Å². The molecule has 0 aliphatic carbocycles. The van der Waals surface area contributed by atoms with E-state index in [0.29, 0.717) is 43.1 Å². The summed E-state index contributed by atoms with van der Waals surface area (Å²) in [6.07, 6.45) is 0. The number of piperazine rings is 1. The molecule has 1 fully saturated rings. The highest BCUT2D eigenvalue weighted by Crippen LogP contribution is 2.26. The normalized spacial score (nSPS) is 15.3. The zero-order valence-corrected chi connectivity index (χ0v) is 18.0. The van der Waals surface area contributed by atoms with Crippen LogP contribution < -0.4 is 10.1 Å². The largest absolute Gasteiger partial charge is 0.444 e. The molecule has 1 unspecified atom stereocenters. The summed E-state index contributed by atoms with van der Waals surface area (Å²) in [6.45, 7) is 3.65. The molecule has 10 heteroatoms. The van der Waals surface area contributed by atoms with E-state index in [2.05, 4.69) is 10.1 Å². The molecule has 170 valence electrons. The maximum absolute atomic E-state index is 12.8. The number of carbonyl (C=O) groups excluding carboxylic acids is 2. The van der Waals surface area contributed by atoms with Gasteiger partial charge < -0.3 is 14.1 Å². The van der Waals surface area contributed by atoms with Crippen molar-refractivity contribution in [2.24, 2.45) is 0 Å². The lowest BCUT2D eigenvalue weighted by atomic mass is 10.1. The Labute approximate surface area is 184 Å². The van der Waals surface area contributed by atoms with Crippen LogP contribution in [-0.2, 0) is 4.79 Å². The van der Waals surface area contributed by atoms with Crippen LogP contribution in [0.4, 0.5) is 14.7 Å². The van der Waals surface area contributed by atoms with E-state index in [0.717, 1.165) is 0 Å². The first-order valence-electron chi connectivity index (χ1n) is 10.1. The van der Waals surface area contributed by atoms with E-state index in [4.69, 9.17) is 4.42 Å². The van der Waals surface area contributed by atoms with Crippen LogP contribution in [0.2, 0.25) is 0 Å². The van der Waals surface area contributed by atoms with Crippen LogP contribution in [0.5, 0.6) is 5.75 Å². The molecule has 2 heterocycles. The molecule has 32 heavy (non-hydrogen) atoms. The summed E-state index contributed by atoms with van der Waals surface area (Å²) in [5, 5.41) is 12.0. The van der Waals surface area contributed by atoms with Gasteiger partial charge in [-0.05, 0) is 32.9 Å². The van der Waals surface area contributed by atoms with Gasteiger partial charge in [0.1, 0.15) is 23.1 Å². The van der Waals surface area contributed by atoms with Crippen LogP contribution in [0, 0.1) is 25.2 Å². The van der Waals surface area contributed by atoms with E-state index in [1.165, 1.54) is 18.2 Å². The number of furan rings is 1. The second kappa shape index (κ2) is 9.78. The van der Waals surface area contributed by atoms with Crippen molar-refractivity contribution in [3.8, 4) is 11.8 Å². The van der Waals surface area contributed by atoms with Gasteiger partial charge in [-0.1, -0.05) is 12.1 Å². The number of rotatable bonds is 6. The number of benzene rings is 1. The highest BCUT2D eigenvalue weighted by atomic mass is 19.3. The monoisotopic (exact) mass is 446 g/mol. The Bertz CT molecular complexity index is 1040. The Morgan fingerprint density at radius 2 is 1.84 bits per heavy atom. The average Bonchev–Trinajstić information content (AvgIpc) is 3.05. The summed E-state index contributed by atoms with van der Waals surface area (Å²) >= 11 is 0. The molecule has 1 N–H and O–H groups in total. The molecule has 3 rings (SSSR count). The summed E-state index contributed by atoms with van der Waals surface area (Å²) in [6, 6.07) is 7.39. The van der Waals surface area contributed by atoms with E-state index in [-0.39, 0.29) is 23.1 Å². The fourth-order valence-electron chi connectivity index (χ4n) is 3.56. The van der Waals surface area contributed by atoms with Gasteiger partial charge in [-0.3, -0.25) is 19.8 Å². The Morgan fingerprint density at radius 3 is 2.47 bits per heavy atom. The second-order valence-electron chi connectivity index (χ2n) is 7.47. The number of amides is 2. The minimum atomic E-state index is -3.02. The molecule has 1 aliphatic rings. The third kappa shape index (κ3) is 4.89. The number of anilines is 1. The SMILES string of the molecule is Cc1oc(NC(=O)C(C)N2CCN(C(=O)c3ccccc3OC(F)F)CC2)c(C#N)c1C. The highest BCUT2D eigenvalue weighted by Gasteiger charge is 2.30. The van der Waals surface area contributed by atoms with Crippen molar-refractivity contribution in [2.75, 3.05) is 31.5 Å². The Hall–Kier alpha value is -3.45. The fraction of sp³-hybridized carbons (Fsp3) is 0.409. The summed E-state index contributed by atoms with van der Waals surface area (Å²) in [4.78, 5) is 29.0. The van der Waals surface area contributed by atoms with E-state index in [1.807, 2.05) is 11.0 Å². The number of ether oxygens (including phenoxy) is 1. The van der Waals surface area contributed by atoms with Gasteiger partial charge >= 0.3 is 6.61 Å². The third-order valence-electron chi connectivity index (χ3n) is 5.60. The summed E-state index contributed by atoms with van der Waals surface area (Å²) in [5.74, 6) is -0.208.